The molecule has 1 saturated heterocycles. The van der Waals surface area contributed by atoms with Crippen LogP contribution in [0.3, 0.4) is 0 Å². The van der Waals surface area contributed by atoms with Crippen molar-refractivity contribution >= 4 is 11.8 Å². The molecule has 5 nitrogen and oxygen atoms in total. The lowest BCUT2D eigenvalue weighted by Crippen LogP contribution is -2.50. The molecule has 28 heavy (non-hydrogen) atoms. The summed E-state index contributed by atoms with van der Waals surface area (Å²) in [5, 5.41) is 0. The number of likely N-dealkylation sites (tertiary alicyclic amines) is 1. The van der Waals surface area contributed by atoms with Crippen molar-refractivity contribution < 1.29 is 23.1 Å². The van der Waals surface area contributed by atoms with Crippen molar-refractivity contribution in [2.24, 2.45) is 11.1 Å². The number of hydrogen-bond donors (Lipinski definition) is 1. The largest absolute Gasteiger partial charge is 0.493 e. The fourth-order valence-corrected chi connectivity index (χ4v) is 3.61. The van der Waals surface area contributed by atoms with Crippen LogP contribution in [0.5, 0.6) is 5.75 Å². The summed E-state index contributed by atoms with van der Waals surface area (Å²) in [6, 6.07) is 11.0. The third-order valence-electron chi connectivity index (χ3n) is 4.95. The van der Waals surface area contributed by atoms with Crippen LogP contribution in [0.25, 0.3) is 0 Å². The quantitative estimate of drug-likeness (QED) is 0.826. The van der Waals surface area contributed by atoms with Gasteiger partial charge in [-0.1, -0.05) is 0 Å². The molecule has 1 fully saturated rings. The Labute approximate surface area is 162 Å². The van der Waals surface area contributed by atoms with Gasteiger partial charge >= 0.3 is 0 Å². The zero-order chi connectivity index (χ0) is 20.1. The highest BCUT2D eigenvalue weighted by molar-refractivity contribution is 5.94. The number of halogens is 2. The van der Waals surface area contributed by atoms with Crippen molar-refractivity contribution in [1.82, 2.24) is 4.90 Å². The summed E-state index contributed by atoms with van der Waals surface area (Å²) in [5.41, 5.74) is 5.21. The Morgan fingerprint density at radius 1 is 1.04 bits per heavy atom. The van der Waals surface area contributed by atoms with Gasteiger partial charge in [0.15, 0.2) is 0 Å². The molecule has 0 spiro atoms. The summed E-state index contributed by atoms with van der Waals surface area (Å²) < 4.78 is 32.0. The van der Waals surface area contributed by atoms with Gasteiger partial charge in [-0.15, -0.1) is 0 Å². The minimum absolute atomic E-state index is 0.0708. The van der Waals surface area contributed by atoms with E-state index in [1.807, 2.05) is 0 Å². The van der Waals surface area contributed by atoms with Crippen molar-refractivity contribution in [2.45, 2.75) is 19.3 Å². The predicted octanol–water partition coefficient (Wildman–Crippen LogP) is 3.14. The van der Waals surface area contributed by atoms with E-state index in [9.17, 15) is 18.4 Å². The maximum atomic E-state index is 13.1. The highest BCUT2D eigenvalue weighted by Gasteiger charge is 2.39. The first-order valence-corrected chi connectivity index (χ1v) is 9.08. The molecule has 148 valence electrons. The molecule has 2 aromatic rings. The molecule has 2 aromatic carbocycles. The van der Waals surface area contributed by atoms with E-state index in [1.165, 1.54) is 48.5 Å². The molecule has 1 aliphatic rings. The average molecular weight is 388 g/mol. The predicted molar refractivity (Wildman–Crippen MR) is 99.7 cm³/mol. The van der Waals surface area contributed by atoms with Crippen LogP contribution in [0.15, 0.2) is 48.5 Å². The minimum Gasteiger partial charge on any atom is -0.493 e. The van der Waals surface area contributed by atoms with Crippen LogP contribution in [-0.2, 0) is 4.79 Å². The first-order chi connectivity index (χ1) is 13.4. The number of piperidine rings is 1. The lowest BCUT2D eigenvalue weighted by atomic mass is 9.77. The Hall–Kier alpha value is -2.96. The van der Waals surface area contributed by atoms with Gasteiger partial charge < -0.3 is 15.4 Å². The van der Waals surface area contributed by atoms with Crippen molar-refractivity contribution in [1.29, 1.82) is 0 Å². The highest BCUT2D eigenvalue weighted by atomic mass is 19.1. The molecule has 1 heterocycles. The molecule has 1 aliphatic heterocycles. The summed E-state index contributed by atoms with van der Waals surface area (Å²) in [5.74, 6) is -1.000. The topological polar surface area (TPSA) is 72.6 Å². The van der Waals surface area contributed by atoms with Gasteiger partial charge in [0.2, 0.25) is 5.91 Å². The SMILES string of the molecule is NC(=O)C[C@]1(COc2ccc(F)cc2)CCCN(C(=O)c2ccc(F)cc2)C1. The van der Waals surface area contributed by atoms with Crippen LogP contribution in [0.4, 0.5) is 8.78 Å². The second-order valence-electron chi connectivity index (χ2n) is 7.22. The molecule has 0 unspecified atom stereocenters. The third kappa shape index (κ3) is 4.85. The fraction of sp³-hybridized carbons (Fsp3) is 0.333. The third-order valence-corrected chi connectivity index (χ3v) is 4.95. The molecular formula is C21H22F2N2O3. The number of primary amides is 1. The van der Waals surface area contributed by atoms with Crippen LogP contribution < -0.4 is 10.5 Å². The van der Waals surface area contributed by atoms with Gasteiger partial charge in [0.05, 0.1) is 6.61 Å². The highest BCUT2D eigenvalue weighted by Crippen LogP contribution is 2.35. The number of benzene rings is 2. The van der Waals surface area contributed by atoms with Gasteiger partial charge in [0.25, 0.3) is 5.91 Å². The van der Waals surface area contributed by atoms with Gasteiger partial charge in [-0.05, 0) is 61.4 Å². The van der Waals surface area contributed by atoms with Gasteiger partial charge in [-0.25, -0.2) is 8.78 Å². The molecule has 1 atom stereocenters. The second kappa shape index (κ2) is 8.37. The molecule has 0 bridgehead atoms. The van der Waals surface area contributed by atoms with Crippen molar-refractivity contribution in [3.8, 4) is 5.75 Å². The molecule has 2 amide bonds. The Balaban J connectivity index is 1.75. The van der Waals surface area contributed by atoms with E-state index < -0.39 is 17.1 Å². The lowest BCUT2D eigenvalue weighted by Gasteiger charge is -2.42. The Morgan fingerprint density at radius 2 is 1.64 bits per heavy atom. The molecule has 7 heteroatoms. The Kier molecular flexibility index (Phi) is 5.92. The van der Waals surface area contributed by atoms with Crippen molar-refractivity contribution in [3.63, 3.8) is 0 Å². The molecular weight excluding hydrogens is 366 g/mol. The van der Waals surface area contributed by atoms with E-state index in [-0.39, 0.29) is 24.8 Å². The van der Waals surface area contributed by atoms with Crippen LogP contribution in [-0.4, -0.2) is 36.4 Å². The van der Waals surface area contributed by atoms with E-state index in [0.29, 0.717) is 37.2 Å². The molecule has 0 saturated carbocycles. The summed E-state index contributed by atoms with van der Waals surface area (Å²) in [4.78, 5) is 26.1. The molecule has 3 rings (SSSR count). The standard InChI is InChI=1S/C21H22F2N2O3/c22-16-4-2-15(3-5-16)20(27)25-11-1-10-21(13-25,12-19(24)26)14-28-18-8-6-17(23)7-9-18/h2-9H,1,10-14H2,(H2,24,26)/t21-/m1/s1. The zero-order valence-corrected chi connectivity index (χ0v) is 15.4. The first-order valence-electron chi connectivity index (χ1n) is 9.08. The maximum absolute atomic E-state index is 13.1. The fourth-order valence-electron chi connectivity index (χ4n) is 3.61. The summed E-state index contributed by atoms with van der Waals surface area (Å²) in [6.45, 7) is 1.01. The summed E-state index contributed by atoms with van der Waals surface area (Å²) in [7, 11) is 0. The monoisotopic (exact) mass is 388 g/mol. The zero-order valence-electron chi connectivity index (χ0n) is 15.4. The smallest absolute Gasteiger partial charge is 0.253 e. The van der Waals surface area contributed by atoms with E-state index in [4.69, 9.17) is 10.5 Å². The number of carbonyl (C=O) groups is 2. The average Bonchev–Trinajstić information content (AvgIpc) is 2.67. The number of nitrogens with zero attached hydrogens (tertiary/aromatic N) is 1. The number of rotatable bonds is 6. The van der Waals surface area contributed by atoms with E-state index >= 15 is 0 Å². The second-order valence-corrected chi connectivity index (χ2v) is 7.22. The summed E-state index contributed by atoms with van der Waals surface area (Å²) in [6.07, 6.45) is 1.43. The number of amides is 2. The van der Waals surface area contributed by atoms with E-state index in [1.54, 1.807) is 4.90 Å². The molecule has 0 aliphatic carbocycles. The van der Waals surface area contributed by atoms with Gasteiger partial charge in [-0.3, -0.25) is 9.59 Å². The Morgan fingerprint density at radius 3 is 2.25 bits per heavy atom. The van der Waals surface area contributed by atoms with Crippen LogP contribution in [0.1, 0.15) is 29.6 Å². The number of nitrogens with two attached hydrogens (primary N) is 1. The van der Waals surface area contributed by atoms with Crippen LogP contribution >= 0.6 is 0 Å². The molecule has 0 radical (unpaired) electrons. The summed E-state index contributed by atoms with van der Waals surface area (Å²) >= 11 is 0. The van der Waals surface area contributed by atoms with Gasteiger partial charge in [0.1, 0.15) is 17.4 Å². The maximum Gasteiger partial charge on any atom is 0.253 e. The van der Waals surface area contributed by atoms with Crippen LogP contribution in [0.2, 0.25) is 0 Å². The van der Waals surface area contributed by atoms with Gasteiger partial charge in [-0.2, -0.15) is 0 Å². The minimum atomic E-state index is -0.631. The van der Waals surface area contributed by atoms with E-state index in [0.717, 1.165) is 0 Å². The van der Waals surface area contributed by atoms with Crippen molar-refractivity contribution in [3.05, 3.63) is 65.7 Å². The molecule has 0 aromatic heterocycles. The number of ether oxygens (including phenoxy) is 1. The number of hydrogen-bond acceptors (Lipinski definition) is 3. The Bertz CT molecular complexity index is 840. The normalized spacial score (nSPS) is 19.3. The van der Waals surface area contributed by atoms with Crippen LogP contribution in [0, 0.1) is 17.0 Å². The lowest BCUT2D eigenvalue weighted by molar-refractivity contribution is -0.122. The number of carbonyl (C=O) groups excluding carboxylic acids is 2. The van der Waals surface area contributed by atoms with E-state index in [2.05, 4.69) is 0 Å². The molecule has 2 N–H and O–H groups in total. The first kappa shape index (κ1) is 19.8. The van der Waals surface area contributed by atoms with Gasteiger partial charge in [0, 0.05) is 30.5 Å². The van der Waals surface area contributed by atoms with Crippen molar-refractivity contribution in [2.75, 3.05) is 19.7 Å².